The molecule has 34 heavy (non-hydrogen) atoms. The molecule has 0 saturated heterocycles. The number of carbonyl (C=O) groups excluding carboxylic acids is 2. The Kier molecular flexibility index (Phi) is 11.5. The zero-order chi connectivity index (χ0) is 24.8. The first-order valence-corrected chi connectivity index (χ1v) is 11.6. The highest BCUT2D eigenvalue weighted by atomic mass is 31.0. The van der Waals surface area contributed by atoms with Gasteiger partial charge >= 0.3 is 0 Å². The third kappa shape index (κ3) is 9.17. The van der Waals surface area contributed by atoms with Gasteiger partial charge in [-0.25, -0.2) is 0 Å². The Labute approximate surface area is 205 Å². The molecule has 0 saturated carbocycles. The number of ether oxygens (including phenoxy) is 1. The van der Waals surface area contributed by atoms with E-state index in [1.807, 2.05) is 98.8 Å². The fraction of sp³-hybridized carbons (Fsp3) is 0.103. The van der Waals surface area contributed by atoms with E-state index in [4.69, 9.17) is 4.74 Å². The summed E-state index contributed by atoms with van der Waals surface area (Å²) in [4.78, 5) is 22.3. The van der Waals surface area contributed by atoms with Gasteiger partial charge in [-0.05, 0) is 49.2 Å². The third-order valence-corrected chi connectivity index (χ3v) is 4.62. The largest absolute Gasteiger partial charge is 0.457 e. The van der Waals surface area contributed by atoms with Gasteiger partial charge in [0.25, 0.3) is 0 Å². The van der Waals surface area contributed by atoms with Gasteiger partial charge in [-0.3, -0.25) is 9.59 Å². The SMILES string of the molecule is CC(=O)c1ccc(-c2ccccc2)cc1.CC(=O)c1cccc(Oc2ccccc2)c1.C[B]P. The summed E-state index contributed by atoms with van der Waals surface area (Å²) in [7, 11) is 2.45. The molecule has 0 heterocycles. The Morgan fingerprint density at radius 2 is 1.09 bits per heavy atom. The lowest BCUT2D eigenvalue weighted by atomic mass is 10.0. The van der Waals surface area contributed by atoms with Crippen LogP contribution in [0.3, 0.4) is 0 Å². The van der Waals surface area contributed by atoms with Crippen LogP contribution in [-0.2, 0) is 0 Å². The van der Waals surface area contributed by atoms with Crippen LogP contribution in [0.15, 0.2) is 109 Å². The molecule has 3 nitrogen and oxygen atoms in total. The number of hydrogen-bond acceptors (Lipinski definition) is 3. The number of para-hydroxylation sites is 1. The maximum Gasteiger partial charge on any atom is 0.159 e. The van der Waals surface area contributed by atoms with Crippen LogP contribution < -0.4 is 4.74 Å². The number of Topliss-reactive ketones (excluding diaryl/α,β-unsaturated/α-hetero) is 2. The number of rotatable bonds is 5. The predicted molar refractivity (Wildman–Crippen MR) is 146 cm³/mol. The minimum absolute atomic E-state index is 0.0403. The average Bonchev–Trinajstić information content (AvgIpc) is 2.86. The van der Waals surface area contributed by atoms with Crippen molar-refractivity contribution in [1.29, 1.82) is 0 Å². The van der Waals surface area contributed by atoms with Crippen molar-refractivity contribution in [2.45, 2.75) is 20.7 Å². The summed E-state index contributed by atoms with van der Waals surface area (Å²) < 4.78 is 5.62. The van der Waals surface area contributed by atoms with E-state index >= 15 is 0 Å². The molecule has 4 aromatic carbocycles. The predicted octanol–water partition coefficient (Wildman–Crippen LogP) is 7.77. The Morgan fingerprint density at radius 1 is 0.618 bits per heavy atom. The van der Waals surface area contributed by atoms with Gasteiger partial charge in [-0.1, -0.05) is 91.8 Å². The monoisotopic (exact) mass is 467 g/mol. The molecular formula is C29H29BO3P. The van der Waals surface area contributed by atoms with Gasteiger partial charge in [0.1, 0.15) is 18.5 Å². The molecule has 0 aliphatic rings. The van der Waals surface area contributed by atoms with Crippen LogP contribution in [0.2, 0.25) is 6.82 Å². The first kappa shape index (κ1) is 26.8. The van der Waals surface area contributed by atoms with E-state index in [0.29, 0.717) is 11.3 Å². The lowest BCUT2D eigenvalue weighted by molar-refractivity contribution is 0.100. The van der Waals surface area contributed by atoms with Crippen molar-refractivity contribution in [3.05, 3.63) is 120 Å². The topological polar surface area (TPSA) is 43.4 Å². The Balaban J connectivity index is 0.000000216. The number of hydrogen-bond donors (Lipinski definition) is 0. The second-order valence-electron chi connectivity index (χ2n) is 7.33. The molecule has 0 aliphatic carbocycles. The first-order chi connectivity index (χ1) is 16.4. The Morgan fingerprint density at radius 3 is 1.62 bits per heavy atom. The molecule has 1 unspecified atom stereocenters. The fourth-order valence-corrected chi connectivity index (χ4v) is 2.93. The molecule has 4 rings (SSSR count). The van der Waals surface area contributed by atoms with Gasteiger partial charge in [0.15, 0.2) is 11.6 Å². The van der Waals surface area contributed by atoms with E-state index < -0.39 is 0 Å². The molecule has 0 N–H and O–H groups in total. The molecule has 0 spiro atoms. The lowest BCUT2D eigenvalue weighted by Gasteiger charge is -2.05. The van der Waals surface area contributed by atoms with Crippen molar-refractivity contribution in [3.8, 4) is 22.6 Å². The van der Waals surface area contributed by atoms with Crippen molar-refractivity contribution in [1.82, 2.24) is 0 Å². The first-order valence-electron chi connectivity index (χ1n) is 10.9. The maximum atomic E-state index is 11.2. The summed E-state index contributed by atoms with van der Waals surface area (Å²) in [5, 5.41) is 0. The van der Waals surface area contributed by atoms with Gasteiger partial charge in [-0.15, -0.1) is 0 Å². The molecule has 0 aliphatic heterocycles. The van der Waals surface area contributed by atoms with Gasteiger partial charge in [0, 0.05) is 11.1 Å². The van der Waals surface area contributed by atoms with Gasteiger partial charge in [0.05, 0.1) is 0 Å². The van der Waals surface area contributed by atoms with Gasteiger partial charge in [-0.2, -0.15) is 9.12 Å². The highest BCUT2D eigenvalue weighted by molar-refractivity contribution is 7.55. The zero-order valence-electron chi connectivity index (χ0n) is 19.8. The zero-order valence-corrected chi connectivity index (χ0v) is 20.9. The molecule has 1 radical (unpaired) electrons. The average molecular weight is 467 g/mol. The van der Waals surface area contributed by atoms with Crippen LogP contribution in [0.1, 0.15) is 34.6 Å². The van der Waals surface area contributed by atoms with E-state index in [-0.39, 0.29) is 11.6 Å². The summed E-state index contributed by atoms with van der Waals surface area (Å²) in [6.07, 6.45) is 0. The molecule has 4 aromatic rings. The van der Waals surface area contributed by atoms with Crippen LogP contribution in [0.25, 0.3) is 11.1 Å². The molecule has 171 valence electrons. The minimum atomic E-state index is 0.0403. The van der Waals surface area contributed by atoms with Crippen LogP contribution in [0.4, 0.5) is 0 Å². The molecule has 0 fully saturated rings. The minimum Gasteiger partial charge on any atom is -0.457 e. The number of benzene rings is 4. The quantitative estimate of drug-likeness (QED) is 0.171. The smallest absolute Gasteiger partial charge is 0.159 e. The second-order valence-corrected chi connectivity index (χ2v) is 8.00. The standard InChI is InChI=1S/C14H12O2.C14H12O.CH5BP/c1-11(15)12-6-5-9-14(10-12)16-13-7-3-2-4-8-13;1-11(15)12-7-9-14(10-8-12)13-5-3-2-4-6-13;1-2-3/h2-10H,1H3;2-10H,1H3;3H2,1H3. The van der Waals surface area contributed by atoms with Crippen molar-refractivity contribution in [2.75, 3.05) is 0 Å². The van der Waals surface area contributed by atoms with Gasteiger partial charge in [0.2, 0.25) is 0 Å². The van der Waals surface area contributed by atoms with E-state index in [2.05, 4.69) is 21.3 Å². The molecule has 0 bridgehead atoms. The summed E-state index contributed by atoms with van der Waals surface area (Å²) >= 11 is 0. The normalized spacial score (nSPS) is 9.41. The molecule has 1 atom stereocenters. The van der Waals surface area contributed by atoms with E-state index in [1.54, 1.807) is 26.0 Å². The molecule has 0 amide bonds. The number of ketones is 2. The fourth-order valence-electron chi connectivity index (χ4n) is 2.93. The summed E-state index contributed by atoms with van der Waals surface area (Å²) in [6, 6.07) is 34.5. The Bertz CT molecular complexity index is 1160. The van der Waals surface area contributed by atoms with Crippen LogP contribution in [0, 0.1) is 0 Å². The summed E-state index contributed by atoms with van der Waals surface area (Å²) in [5.74, 6) is 1.59. The van der Waals surface area contributed by atoms with Crippen molar-refractivity contribution in [3.63, 3.8) is 0 Å². The maximum absolute atomic E-state index is 11.2. The van der Waals surface area contributed by atoms with E-state index in [9.17, 15) is 9.59 Å². The van der Waals surface area contributed by atoms with Crippen molar-refractivity contribution >= 4 is 27.7 Å². The van der Waals surface area contributed by atoms with Crippen LogP contribution >= 0.6 is 9.12 Å². The highest BCUT2D eigenvalue weighted by Crippen LogP contribution is 2.22. The van der Waals surface area contributed by atoms with E-state index in [1.165, 1.54) is 5.56 Å². The van der Waals surface area contributed by atoms with Crippen molar-refractivity contribution in [2.24, 2.45) is 0 Å². The second kappa shape index (κ2) is 14.6. The molecule has 5 heteroatoms. The summed E-state index contributed by atoms with van der Waals surface area (Å²) in [5.41, 5.74) is 3.73. The van der Waals surface area contributed by atoms with Gasteiger partial charge < -0.3 is 4.74 Å². The van der Waals surface area contributed by atoms with Crippen LogP contribution in [-0.4, -0.2) is 18.6 Å². The van der Waals surface area contributed by atoms with Crippen molar-refractivity contribution < 1.29 is 14.3 Å². The molecule has 0 aromatic heterocycles. The molecular weight excluding hydrogens is 438 g/mol. The highest BCUT2D eigenvalue weighted by Gasteiger charge is 2.02. The van der Waals surface area contributed by atoms with Crippen LogP contribution in [0.5, 0.6) is 11.5 Å². The Hall–Kier alpha value is -3.49. The third-order valence-electron chi connectivity index (χ3n) is 4.62. The number of carbonyl (C=O) groups is 2. The van der Waals surface area contributed by atoms with E-state index in [0.717, 1.165) is 16.9 Å². The lowest BCUT2D eigenvalue weighted by Crippen LogP contribution is -1.92. The summed E-state index contributed by atoms with van der Waals surface area (Å²) in [6.45, 7) is 7.00.